The van der Waals surface area contributed by atoms with Crippen LogP contribution in [0.5, 0.6) is 5.75 Å². The van der Waals surface area contributed by atoms with Crippen LogP contribution in [-0.2, 0) is 29.3 Å². The number of aryl methyl sites for hydroxylation is 2. The van der Waals surface area contributed by atoms with Crippen molar-refractivity contribution in [3.05, 3.63) is 131 Å². The maximum Gasteiger partial charge on any atom is 0.260 e. The van der Waals surface area contributed by atoms with Crippen molar-refractivity contribution in [1.82, 2.24) is 5.01 Å². The lowest BCUT2D eigenvalue weighted by Crippen LogP contribution is -2.53. The van der Waals surface area contributed by atoms with Gasteiger partial charge in [0.2, 0.25) is 11.8 Å². The number of phenols is 1. The van der Waals surface area contributed by atoms with Gasteiger partial charge in [0, 0.05) is 24.7 Å². The van der Waals surface area contributed by atoms with Gasteiger partial charge in [-0.25, -0.2) is 0 Å². The number of hydrogen-bond acceptors (Lipinski definition) is 8. The summed E-state index contributed by atoms with van der Waals surface area (Å²) in [4.78, 5) is 62.7. The Balaban J connectivity index is 1.16. The van der Waals surface area contributed by atoms with Gasteiger partial charge in [-0.3, -0.25) is 29.5 Å². The molecule has 4 aromatic rings. The molecule has 4 amide bonds. The molecule has 0 aromatic heterocycles. The van der Waals surface area contributed by atoms with Crippen molar-refractivity contribution in [3.8, 4) is 5.75 Å². The molecule has 0 radical (unpaired) electrons. The van der Waals surface area contributed by atoms with Crippen molar-refractivity contribution < 1.29 is 29.0 Å². The van der Waals surface area contributed by atoms with Gasteiger partial charge in [-0.1, -0.05) is 71.8 Å². The number of nitrogens with zero attached hydrogens (tertiary/aromatic N) is 3. The van der Waals surface area contributed by atoms with E-state index in [0.29, 0.717) is 42.1 Å². The number of ether oxygens (including phenoxy) is 1. The fourth-order valence-corrected chi connectivity index (χ4v) is 9.87. The SMILES string of the molecule is Cc1ccc(NN2C(=O)C3CC4C(=CCC5C(=O)N(c6ccc(N7CCOCC7)cc6)C(=O)C54)C(c4ccc(O)c(C)c4)C3(c3ccccc3)C2=O)cc1. The fourth-order valence-electron chi connectivity index (χ4n) is 9.87. The highest BCUT2D eigenvalue weighted by Crippen LogP contribution is 2.64. The standard InChI is InChI=1S/C44H42N4O6/c1-26-8-11-30(12-9-26)45-48-41(51)36-25-35-33(39(28-10-19-37(49)27(2)24-28)44(36,43(48)53)29-6-4-3-5-7-29)17-18-34-38(35)42(52)47(40(34)50)32-15-13-31(14-16-32)46-20-22-54-23-21-46/h3-17,19,24,34-36,38-39,45,49H,18,20-23,25H2,1-2H3. The molecule has 9 rings (SSSR count). The first-order chi connectivity index (χ1) is 26.2. The summed E-state index contributed by atoms with van der Waals surface area (Å²) in [6.07, 6.45) is 2.61. The zero-order chi connectivity index (χ0) is 37.3. The molecule has 6 atom stereocenters. The molecular weight excluding hydrogens is 681 g/mol. The van der Waals surface area contributed by atoms with E-state index in [0.717, 1.165) is 35.5 Å². The number of fused-ring (bicyclic) bond motifs is 4. The minimum atomic E-state index is -1.37. The summed E-state index contributed by atoms with van der Waals surface area (Å²) in [6, 6.07) is 29.9. The molecule has 10 nitrogen and oxygen atoms in total. The molecule has 2 aliphatic carbocycles. The number of benzene rings is 4. The van der Waals surface area contributed by atoms with Crippen LogP contribution in [0, 0.1) is 37.5 Å². The van der Waals surface area contributed by atoms with Gasteiger partial charge in [0.05, 0.1) is 47.8 Å². The van der Waals surface area contributed by atoms with Crippen LogP contribution in [0.3, 0.4) is 0 Å². The predicted molar refractivity (Wildman–Crippen MR) is 204 cm³/mol. The number of hydrazine groups is 1. The molecule has 10 heteroatoms. The van der Waals surface area contributed by atoms with Crippen LogP contribution >= 0.6 is 0 Å². The normalized spacial score (nSPS) is 27.8. The minimum absolute atomic E-state index is 0.123. The monoisotopic (exact) mass is 722 g/mol. The van der Waals surface area contributed by atoms with Crippen molar-refractivity contribution in [2.24, 2.45) is 23.7 Å². The molecule has 4 aromatic carbocycles. The van der Waals surface area contributed by atoms with Gasteiger partial charge in [0.15, 0.2) is 0 Å². The summed E-state index contributed by atoms with van der Waals surface area (Å²) >= 11 is 0. The van der Waals surface area contributed by atoms with Crippen LogP contribution in [0.1, 0.15) is 41.0 Å². The Morgan fingerprint density at radius 2 is 1.48 bits per heavy atom. The highest BCUT2D eigenvalue weighted by Gasteiger charge is 2.70. The van der Waals surface area contributed by atoms with Crippen molar-refractivity contribution >= 4 is 40.7 Å². The molecule has 0 spiro atoms. The summed E-state index contributed by atoms with van der Waals surface area (Å²) in [6.45, 7) is 6.62. The van der Waals surface area contributed by atoms with E-state index in [-0.39, 0.29) is 35.8 Å². The van der Waals surface area contributed by atoms with Crippen molar-refractivity contribution in [2.75, 3.05) is 41.5 Å². The van der Waals surface area contributed by atoms with E-state index in [4.69, 9.17) is 4.74 Å². The minimum Gasteiger partial charge on any atom is -0.508 e. The lowest BCUT2D eigenvalue weighted by atomic mass is 9.49. The maximum absolute atomic E-state index is 15.3. The summed E-state index contributed by atoms with van der Waals surface area (Å²) in [5.74, 6) is -4.43. The van der Waals surface area contributed by atoms with Crippen LogP contribution in [0.15, 0.2) is 109 Å². The van der Waals surface area contributed by atoms with Crippen molar-refractivity contribution in [1.29, 1.82) is 0 Å². The Kier molecular flexibility index (Phi) is 8.19. The molecule has 274 valence electrons. The van der Waals surface area contributed by atoms with Gasteiger partial charge in [0.1, 0.15) is 5.75 Å². The van der Waals surface area contributed by atoms with Crippen LogP contribution in [0.4, 0.5) is 17.1 Å². The third kappa shape index (κ3) is 5.10. The molecule has 54 heavy (non-hydrogen) atoms. The first kappa shape index (κ1) is 34.1. The molecule has 6 unspecified atom stereocenters. The van der Waals surface area contributed by atoms with E-state index in [2.05, 4.69) is 16.4 Å². The molecule has 2 N–H and O–H groups in total. The van der Waals surface area contributed by atoms with Crippen molar-refractivity contribution in [2.45, 2.75) is 38.0 Å². The highest BCUT2D eigenvalue weighted by atomic mass is 16.5. The van der Waals surface area contributed by atoms with E-state index < -0.39 is 35.0 Å². The number of allylic oxidation sites excluding steroid dienone is 2. The molecule has 1 saturated carbocycles. The number of carbonyl (C=O) groups is 4. The quantitative estimate of drug-likeness (QED) is 0.183. The average molecular weight is 723 g/mol. The first-order valence-electron chi connectivity index (χ1n) is 18.8. The second-order valence-electron chi connectivity index (χ2n) is 15.3. The van der Waals surface area contributed by atoms with E-state index in [1.807, 2.05) is 105 Å². The Hall–Kier alpha value is -5.74. The number of phenolic OH excluding ortho intramolecular Hbond substituents is 1. The van der Waals surface area contributed by atoms with Gasteiger partial charge in [-0.15, -0.1) is 0 Å². The molecule has 5 aliphatic rings. The van der Waals surface area contributed by atoms with Crippen LogP contribution < -0.4 is 15.2 Å². The van der Waals surface area contributed by atoms with E-state index in [9.17, 15) is 19.5 Å². The van der Waals surface area contributed by atoms with Gasteiger partial charge < -0.3 is 14.7 Å². The maximum atomic E-state index is 15.3. The highest BCUT2D eigenvalue weighted by molar-refractivity contribution is 6.22. The Morgan fingerprint density at radius 1 is 0.778 bits per heavy atom. The predicted octanol–water partition coefficient (Wildman–Crippen LogP) is 6.04. The number of morpholine rings is 1. The molecule has 3 saturated heterocycles. The molecule has 0 bridgehead atoms. The van der Waals surface area contributed by atoms with Gasteiger partial charge in [-0.05, 0) is 91.8 Å². The molecule has 3 heterocycles. The van der Waals surface area contributed by atoms with Gasteiger partial charge in [0.25, 0.3) is 11.8 Å². The number of aromatic hydroxyl groups is 1. The Labute approximate surface area is 314 Å². The number of carbonyl (C=O) groups excluding carboxylic acids is 4. The number of rotatable bonds is 6. The topological polar surface area (TPSA) is 119 Å². The lowest BCUT2D eigenvalue weighted by Gasteiger charge is -2.50. The number of imide groups is 2. The largest absolute Gasteiger partial charge is 0.508 e. The fraction of sp³-hybridized carbons (Fsp3) is 0.318. The number of anilines is 3. The second-order valence-corrected chi connectivity index (χ2v) is 15.3. The van der Waals surface area contributed by atoms with E-state index in [1.54, 1.807) is 6.07 Å². The van der Waals surface area contributed by atoms with Crippen LogP contribution in [-0.4, -0.2) is 60.0 Å². The third-order valence-electron chi connectivity index (χ3n) is 12.4. The van der Waals surface area contributed by atoms with E-state index >= 15 is 4.79 Å². The number of hydrogen-bond donors (Lipinski definition) is 2. The second kappa shape index (κ2) is 13.0. The molecule has 3 aliphatic heterocycles. The summed E-state index contributed by atoms with van der Waals surface area (Å²) in [5, 5.41) is 11.8. The van der Waals surface area contributed by atoms with Crippen molar-refractivity contribution in [3.63, 3.8) is 0 Å². The number of nitrogens with one attached hydrogen (secondary N) is 1. The Bertz CT molecular complexity index is 2200. The van der Waals surface area contributed by atoms with Crippen LogP contribution in [0.25, 0.3) is 0 Å². The van der Waals surface area contributed by atoms with Gasteiger partial charge >= 0.3 is 0 Å². The average Bonchev–Trinajstić information content (AvgIpc) is 3.58. The first-order valence-corrected chi connectivity index (χ1v) is 18.8. The third-order valence-corrected chi connectivity index (χ3v) is 12.4. The Morgan fingerprint density at radius 3 is 2.19 bits per heavy atom. The summed E-state index contributed by atoms with van der Waals surface area (Å²) < 4.78 is 5.50. The summed E-state index contributed by atoms with van der Waals surface area (Å²) in [5.41, 5.74) is 7.94. The summed E-state index contributed by atoms with van der Waals surface area (Å²) in [7, 11) is 0. The molecular formula is C44H42N4O6. The number of amides is 4. The van der Waals surface area contributed by atoms with E-state index in [1.165, 1.54) is 9.91 Å². The lowest BCUT2D eigenvalue weighted by molar-refractivity contribution is -0.138. The zero-order valence-corrected chi connectivity index (χ0v) is 30.3. The molecule has 4 fully saturated rings. The smallest absolute Gasteiger partial charge is 0.260 e. The zero-order valence-electron chi connectivity index (χ0n) is 30.3. The van der Waals surface area contributed by atoms with Gasteiger partial charge in [-0.2, -0.15) is 5.01 Å². The van der Waals surface area contributed by atoms with Crippen LogP contribution in [0.2, 0.25) is 0 Å².